The van der Waals surface area contributed by atoms with Gasteiger partial charge in [0.05, 0.1) is 4.47 Å². The van der Waals surface area contributed by atoms with Crippen LogP contribution in [0.5, 0.6) is 0 Å². The van der Waals surface area contributed by atoms with Gasteiger partial charge in [-0.25, -0.2) is 9.97 Å². The van der Waals surface area contributed by atoms with Crippen molar-refractivity contribution >= 4 is 21.7 Å². The van der Waals surface area contributed by atoms with Crippen LogP contribution in [0.25, 0.3) is 0 Å². The van der Waals surface area contributed by atoms with Crippen LogP contribution in [0, 0.1) is 12.8 Å². The molecule has 0 atom stereocenters. The monoisotopic (exact) mass is 293 g/mol. The second-order valence-electron chi connectivity index (χ2n) is 4.43. The van der Waals surface area contributed by atoms with Crippen molar-refractivity contribution < 1.29 is 0 Å². The predicted octanol–water partition coefficient (Wildman–Crippen LogP) is 3.83. The fourth-order valence-electron chi connectivity index (χ4n) is 1.66. The van der Waals surface area contributed by atoms with Crippen molar-refractivity contribution in [2.45, 2.75) is 26.7 Å². The zero-order valence-corrected chi connectivity index (χ0v) is 11.7. The van der Waals surface area contributed by atoms with E-state index in [4.69, 9.17) is 0 Å². The second kappa shape index (κ2) is 5.00. The quantitative estimate of drug-likeness (QED) is 0.858. The smallest absolute Gasteiger partial charge is 0.148 e. The molecule has 0 unspecified atom stereocenters. The molecule has 1 heterocycles. The molecule has 0 spiro atoms. The Morgan fingerprint density at radius 1 is 1.59 bits per heavy atom. The van der Waals surface area contributed by atoms with E-state index in [1.165, 1.54) is 18.4 Å². The number of hydrogen-bond acceptors (Lipinski definition) is 3. The van der Waals surface area contributed by atoms with Gasteiger partial charge < -0.3 is 5.32 Å². The molecule has 1 fully saturated rings. The van der Waals surface area contributed by atoms with Crippen LogP contribution in [0.15, 0.2) is 34.6 Å². The van der Waals surface area contributed by atoms with Gasteiger partial charge >= 0.3 is 0 Å². The molecule has 90 valence electrons. The molecular formula is C13H16BrN3. The lowest BCUT2D eigenvalue weighted by atomic mass is 10.1. The SMILES string of the molecule is C=C(/C=C(\C)C1CC1)Nc1nc(C)ncc1Br. The van der Waals surface area contributed by atoms with Gasteiger partial charge in [-0.05, 0) is 54.6 Å². The van der Waals surface area contributed by atoms with Crippen molar-refractivity contribution in [2.24, 2.45) is 5.92 Å². The van der Waals surface area contributed by atoms with Crippen LogP contribution in [-0.2, 0) is 0 Å². The lowest BCUT2D eigenvalue weighted by Gasteiger charge is -2.08. The third-order valence-corrected chi connectivity index (χ3v) is 3.35. The van der Waals surface area contributed by atoms with Crippen LogP contribution in [-0.4, -0.2) is 9.97 Å². The number of allylic oxidation sites excluding steroid dienone is 2. The largest absolute Gasteiger partial charge is 0.340 e. The minimum Gasteiger partial charge on any atom is -0.340 e. The van der Waals surface area contributed by atoms with Gasteiger partial charge in [-0.2, -0.15) is 0 Å². The van der Waals surface area contributed by atoms with Crippen LogP contribution >= 0.6 is 15.9 Å². The number of nitrogens with zero attached hydrogens (tertiary/aromatic N) is 2. The highest BCUT2D eigenvalue weighted by atomic mass is 79.9. The Morgan fingerprint density at radius 3 is 2.94 bits per heavy atom. The number of anilines is 1. The molecule has 0 aromatic carbocycles. The number of hydrogen-bond donors (Lipinski definition) is 1. The maximum Gasteiger partial charge on any atom is 0.148 e. The minimum absolute atomic E-state index is 0.742. The number of rotatable bonds is 4. The molecule has 1 saturated carbocycles. The highest BCUT2D eigenvalue weighted by Gasteiger charge is 2.22. The van der Waals surface area contributed by atoms with Crippen LogP contribution < -0.4 is 5.32 Å². The summed E-state index contributed by atoms with van der Waals surface area (Å²) in [5.41, 5.74) is 2.26. The van der Waals surface area contributed by atoms with Gasteiger partial charge in [0.2, 0.25) is 0 Å². The number of aryl methyl sites for hydroxylation is 1. The zero-order chi connectivity index (χ0) is 12.4. The van der Waals surface area contributed by atoms with E-state index in [2.05, 4.69) is 50.8 Å². The van der Waals surface area contributed by atoms with Gasteiger partial charge in [-0.3, -0.25) is 0 Å². The molecule has 1 N–H and O–H groups in total. The third-order valence-electron chi connectivity index (χ3n) is 2.77. The van der Waals surface area contributed by atoms with E-state index in [1.54, 1.807) is 6.20 Å². The molecular weight excluding hydrogens is 278 g/mol. The average molecular weight is 294 g/mol. The highest BCUT2D eigenvalue weighted by molar-refractivity contribution is 9.10. The Bertz CT molecular complexity index is 476. The molecule has 1 aromatic rings. The Kier molecular flexibility index (Phi) is 3.62. The third kappa shape index (κ3) is 3.40. The Hall–Kier alpha value is -1.16. The van der Waals surface area contributed by atoms with E-state index < -0.39 is 0 Å². The zero-order valence-electron chi connectivity index (χ0n) is 10.1. The minimum atomic E-state index is 0.742. The summed E-state index contributed by atoms with van der Waals surface area (Å²) in [4.78, 5) is 8.42. The summed E-state index contributed by atoms with van der Waals surface area (Å²) in [6.45, 7) is 8.03. The van der Waals surface area contributed by atoms with Crippen molar-refractivity contribution in [1.82, 2.24) is 9.97 Å². The second-order valence-corrected chi connectivity index (χ2v) is 5.28. The van der Waals surface area contributed by atoms with Gasteiger partial charge in [0.25, 0.3) is 0 Å². The molecule has 0 saturated heterocycles. The van der Waals surface area contributed by atoms with E-state index in [0.717, 1.165) is 27.7 Å². The van der Waals surface area contributed by atoms with E-state index in [0.29, 0.717) is 0 Å². The van der Waals surface area contributed by atoms with Gasteiger partial charge in [-0.15, -0.1) is 0 Å². The van der Waals surface area contributed by atoms with Crippen molar-refractivity contribution in [3.05, 3.63) is 40.4 Å². The van der Waals surface area contributed by atoms with Crippen molar-refractivity contribution in [1.29, 1.82) is 0 Å². The summed E-state index contributed by atoms with van der Waals surface area (Å²) in [6, 6.07) is 0. The summed E-state index contributed by atoms with van der Waals surface area (Å²) >= 11 is 3.42. The van der Waals surface area contributed by atoms with Gasteiger partial charge in [0.1, 0.15) is 11.6 Å². The Balaban J connectivity index is 2.07. The molecule has 4 heteroatoms. The lowest BCUT2D eigenvalue weighted by Crippen LogP contribution is -2.02. The number of halogens is 1. The molecule has 1 aromatic heterocycles. The summed E-state index contributed by atoms with van der Waals surface area (Å²) in [6.07, 6.45) is 6.47. The molecule has 0 bridgehead atoms. The molecule has 0 amide bonds. The maximum absolute atomic E-state index is 4.32. The first-order valence-electron chi connectivity index (χ1n) is 5.69. The maximum atomic E-state index is 4.32. The summed E-state index contributed by atoms with van der Waals surface area (Å²) in [5.74, 6) is 2.28. The Morgan fingerprint density at radius 2 is 2.29 bits per heavy atom. The highest BCUT2D eigenvalue weighted by Crippen LogP contribution is 2.36. The van der Waals surface area contributed by atoms with Crippen molar-refractivity contribution in [3.63, 3.8) is 0 Å². The summed E-state index contributed by atoms with van der Waals surface area (Å²) in [5, 5.41) is 3.20. The van der Waals surface area contributed by atoms with Crippen LogP contribution in [0.2, 0.25) is 0 Å². The van der Waals surface area contributed by atoms with E-state index in [9.17, 15) is 0 Å². The van der Waals surface area contributed by atoms with Gasteiger partial charge in [0.15, 0.2) is 0 Å². The van der Waals surface area contributed by atoms with Crippen molar-refractivity contribution in [2.75, 3.05) is 5.32 Å². The van der Waals surface area contributed by atoms with Crippen LogP contribution in [0.4, 0.5) is 5.82 Å². The van der Waals surface area contributed by atoms with Crippen LogP contribution in [0.1, 0.15) is 25.6 Å². The first-order chi connectivity index (χ1) is 8.06. The fourth-order valence-corrected chi connectivity index (χ4v) is 1.95. The molecule has 1 aliphatic carbocycles. The average Bonchev–Trinajstić information content (AvgIpc) is 3.06. The van der Waals surface area contributed by atoms with Gasteiger partial charge in [0, 0.05) is 11.9 Å². The van der Waals surface area contributed by atoms with Gasteiger partial charge in [-0.1, -0.05) is 12.2 Å². The normalized spacial score (nSPS) is 15.8. The molecule has 17 heavy (non-hydrogen) atoms. The lowest BCUT2D eigenvalue weighted by molar-refractivity contribution is 1.00. The standard InChI is InChI=1S/C13H16BrN3/c1-8(11-4-5-11)6-9(2)16-13-12(14)7-15-10(3)17-13/h6-7,11H,2,4-5H2,1,3H3,(H,15,16,17)/b8-6+. The fraction of sp³-hybridized carbons (Fsp3) is 0.385. The molecule has 3 nitrogen and oxygen atoms in total. The van der Waals surface area contributed by atoms with Crippen molar-refractivity contribution in [3.8, 4) is 0 Å². The van der Waals surface area contributed by atoms with E-state index in [-0.39, 0.29) is 0 Å². The molecule has 0 radical (unpaired) electrons. The molecule has 2 rings (SSSR count). The van der Waals surface area contributed by atoms with E-state index in [1.807, 2.05) is 6.92 Å². The first-order valence-corrected chi connectivity index (χ1v) is 6.49. The summed E-state index contributed by atoms with van der Waals surface area (Å²) in [7, 11) is 0. The number of nitrogens with one attached hydrogen (secondary N) is 1. The predicted molar refractivity (Wildman–Crippen MR) is 73.7 cm³/mol. The topological polar surface area (TPSA) is 37.8 Å². The number of aromatic nitrogens is 2. The first kappa shape index (κ1) is 12.3. The summed E-state index contributed by atoms with van der Waals surface area (Å²) < 4.78 is 0.849. The van der Waals surface area contributed by atoms with E-state index >= 15 is 0 Å². The molecule has 0 aliphatic heterocycles. The Labute approximate surface area is 110 Å². The van der Waals surface area contributed by atoms with Crippen LogP contribution in [0.3, 0.4) is 0 Å². The molecule has 1 aliphatic rings.